The highest BCUT2D eigenvalue weighted by Gasteiger charge is 2.20. The molecule has 1 atom stereocenters. The fourth-order valence-electron chi connectivity index (χ4n) is 2.66. The maximum absolute atomic E-state index is 14.2. The van der Waals surface area contributed by atoms with Crippen molar-refractivity contribution >= 4 is 17.8 Å². The van der Waals surface area contributed by atoms with Crippen LogP contribution in [-0.2, 0) is 9.57 Å². The zero-order valence-electron chi connectivity index (χ0n) is 14.7. The van der Waals surface area contributed by atoms with Crippen molar-refractivity contribution in [1.82, 2.24) is 5.23 Å². The third kappa shape index (κ3) is 5.85. The van der Waals surface area contributed by atoms with E-state index >= 15 is 0 Å². The van der Waals surface area contributed by atoms with Gasteiger partial charge < -0.3 is 4.74 Å². The van der Waals surface area contributed by atoms with E-state index in [9.17, 15) is 14.0 Å². The molecule has 2 aromatic rings. The first kappa shape index (κ1) is 20.0. The number of benzene rings is 2. The van der Waals surface area contributed by atoms with Gasteiger partial charge in [0.15, 0.2) is 6.23 Å². The molecule has 1 fully saturated rings. The molecule has 1 saturated heterocycles. The molecular formula is C20H21F2NO3S. The molecule has 2 aromatic carbocycles. The summed E-state index contributed by atoms with van der Waals surface area (Å²) in [5, 5.41) is 10.6. The maximum Gasteiger partial charge on any atom is 0.160 e. The van der Waals surface area contributed by atoms with Crippen LogP contribution in [0.3, 0.4) is 0 Å². The van der Waals surface area contributed by atoms with Crippen LogP contribution in [0.4, 0.5) is 8.78 Å². The van der Waals surface area contributed by atoms with E-state index in [-0.39, 0.29) is 18.2 Å². The Kier molecular flexibility index (Phi) is 7.37. The molecule has 1 heterocycles. The minimum Gasteiger partial charge on any atom is -0.358 e. The van der Waals surface area contributed by atoms with Crippen molar-refractivity contribution in [2.45, 2.75) is 35.3 Å². The Balaban J connectivity index is 1.61. The Morgan fingerprint density at radius 1 is 1.19 bits per heavy atom. The largest absolute Gasteiger partial charge is 0.358 e. The summed E-state index contributed by atoms with van der Waals surface area (Å²) < 4.78 is 32.7. The van der Waals surface area contributed by atoms with Crippen molar-refractivity contribution in [3.8, 4) is 0 Å². The average Bonchev–Trinajstić information content (AvgIpc) is 2.69. The summed E-state index contributed by atoms with van der Waals surface area (Å²) in [6.07, 6.45) is 5.42. The lowest BCUT2D eigenvalue weighted by atomic mass is 10.2. The first-order chi connectivity index (χ1) is 13.1. The summed E-state index contributed by atoms with van der Waals surface area (Å²) in [5.74, 6) is -0.679. The molecule has 7 heteroatoms. The molecule has 3 rings (SSSR count). The number of halogens is 2. The van der Waals surface area contributed by atoms with E-state index in [1.165, 1.54) is 30.0 Å². The summed E-state index contributed by atoms with van der Waals surface area (Å²) in [5.41, 5.74) is 0.411. The zero-order valence-corrected chi connectivity index (χ0v) is 15.5. The predicted octanol–water partition coefficient (Wildman–Crippen LogP) is 5.28. The van der Waals surface area contributed by atoms with Crippen LogP contribution in [-0.4, -0.2) is 29.9 Å². The number of hydrogen-bond donors (Lipinski definition) is 1. The molecule has 1 aliphatic rings. The second-order valence-corrected chi connectivity index (χ2v) is 7.14. The van der Waals surface area contributed by atoms with E-state index in [1.54, 1.807) is 36.4 Å². The topological polar surface area (TPSA) is 41.9 Å². The highest BCUT2D eigenvalue weighted by molar-refractivity contribution is 7.99. The van der Waals surface area contributed by atoms with Crippen LogP contribution in [0.25, 0.3) is 6.08 Å². The second-order valence-electron chi connectivity index (χ2n) is 6.03. The lowest BCUT2D eigenvalue weighted by molar-refractivity contribution is -0.402. The van der Waals surface area contributed by atoms with E-state index in [4.69, 9.17) is 9.57 Å². The van der Waals surface area contributed by atoms with Gasteiger partial charge in [0.1, 0.15) is 11.6 Å². The molecule has 0 saturated carbocycles. The summed E-state index contributed by atoms with van der Waals surface area (Å²) in [4.78, 5) is 6.73. The minimum atomic E-state index is -0.467. The minimum absolute atomic E-state index is 0.0748. The molecule has 0 aliphatic carbocycles. The maximum atomic E-state index is 14.2. The van der Waals surface area contributed by atoms with Crippen LogP contribution < -0.4 is 0 Å². The molecule has 27 heavy (non-hydrogen) atoms. The zero-order chi connectivity index (χ0) is 19.1. The molecular weight excluding hydrogens is 372 g/mol. The third-order valence-electron chi connectivity index (χ3n) is 4.04. The van der Waals surface area contributed by atoms with Gasteiger partial charge in [-0.15, -0.1) is 0 Å². The van der Waals surface area contributed by atoms with E-state index in [1.807, 2.05) is 0 Å². The molecule has 4 nitrogen and oxygen atoms in total. The van der Waals surface area contributed by atoms with Crippen molar-refractivity contribution in [2.75, 3.05) is 13.2 Å². The van der Waals surface area contributed by atoms with Crippen molar-refractivity contribution in [1.29, 1.82) is 0 Å². The second kappa shape index (κ2) is 9.96. The SMILES string of the molecule is ON(OCC=Cc1c(F)cccc1Sc1ccc(F)cc1)C1CCCCO1. The summed E-state index contributed by atoms with van der Waals surface area (Å²) >= 11 is 1.35. The fraction of sp³-hybridized carbons (Fsp3) is 0.300. The van der Waals surface area contributed by atoms with Crippen LogP contribution in [0.1, 0.15) is 24.8 Å². The lowest BCUT2D eigenvalue weighted by Crippen LogP contribution is -2.37. The van der Waals surface area contributed by atoms with E-state index in [2.05, 4.69) is 0 Å². The molecule has 0 radical (unpaired) electrons. The molecule has 1 unspecified atom stereocenters. The quantitative estimate of drug-likeness (QED) is 0.649. The number of ether oxygens (including phenoxy) is 1. The summed E-state index contributed by atoms with van der Waals surface area (Å²) in [6, 6.07) is 10.8. The van der Waals surface area contributed by atoms with Gasteiger partial charge in [-0.25, -0.2) is 8.78 Å². The van der Waals surface area contributed by atoms with E-state index in [0.717, 1.165) is 23.0 Å². The Hall–Kier alpha value is -1.77. The van der Waals surface area contributed by atoms with Crippen molar-refractivity contribution < 1.29 is 23.6 Å². The Bertz CT molecular complexity index is 764. The Morgan fingerprint density at radius 2 is 2.00 bits per heavy atom. The van der Waals surface area contributed by atoms with E-state index < -0.39 is 6.23 Å². The first-order valence-electron chi connectivity index (χ1n) is 8.74. The number of hydrogen-bond acceptors (Lipinski definition) is 5. The van der Waals surface area contributed by atoms with Crippen molar-refractivity contribution in [3.05, 3.63) is 65.7 Å². The standard InChI is InChI=1S/C20H21F2NO3S/c21-15-9-11-16(12-10-15)27-19-7-3-6-18(22)17(19)5-4-14-26-23(24)20-8-1-2-13-25-20/h3-7,9-12,20,24H,1-2,8,13-14H2. The van der Waals surface area contributed by atoms with Gasteiger partial charge >= 0.3 is 0 Å². The fourth-order valence-corrected chi connectivity index (χ4v) is 3.61. The van der Waals surface area contributed by atoms with Crippen molar-refractivity contribution in [2.24, 2.45) is 0 Å². The number of nitrogens with zero attached hydrogens (tertiary/aromatic N) is 1. The van der Waals surface area contributed by atoms with Crippen LogP contribution >= 0.6 is 11.8 Å². The van der Waals surface area contributed by atoms with Gasteiger partial charge in [0.2, 0.25) is 0 Å². The predicted molar refractivity (Wildman–Crippen MR) is 99.1 cm³/mol. The number of rotatable bonds is 7. The van der Waals surface area contributed by atoms with Crippen LogP contribution in [0.2, 0.25) is 0 Å². The normalized spacial score (nSPS) is 17.7. The lowest BCUT2D eigenvalue weighted by Gasteiger charge is -2.27. The molecule has 0 aromatic heterocycles. The van der Waals surface area contributed by atoms with Crippen LogP contribution in [0.15, 0.2) is 58.3 Å². The summed E-state index contributed by atoms with van der Waals surface area (Å²) in [7, 11) is 0. The van der Waals surface area contributed by atoms with Gasteiger partial charge in [0.05, 0.1) is 6.61 Å². The first-order valence-corrected chi connectivity index (χ1v) is 9.56. The van der Waals surface area contributed by atoms with Gasteiger partial charge in [0.25, 0.3) is 0 Å². The molecule has 144 valence electrons. The third-order valence-corrected chi connectivity index (χ3v) is 5.13. The van der Waals surface area contributed by atoms with Gasteiger partial charge in [-0.1, -0.05) is 30.0 Å². The van der Waals surface area contributed by atoms with Crippen molar-refractivity contribution in [3.63, 3.8) is 0 Å². The van der Waals surface area contributed by atoms with Gasteiger partial charge in [-0.05, 0) is 60.9 Å². The molecule has 0 bridgehead atoms. The summed E-state index contributed by atoms with van der Waals surface area (Å²) in [6.45, 7) is 0.672. The van der Waals surface area contributed by atoms with Gasteiger partial charge in [0, 0.05) is 22.0 Å². The molecule has 1 N–H and O–H groups in total. The Labute approximate surface area is 161 Å². The molecule has 1 aliphatic heterocycles. The van der Waals surface area contributed by atoms with Crippen LogP contribution in [0.5, 0.6) is 0 Å². The Morgan fingerprint density at radius 3 is 2.74 bits per heavy atom. The van der Waals surface area contributed by atoms with Gasteiger partial charge in [-0.2, -0.15) is 0 Å². The smallest absolute Gasteiger partial charge is 0.160 e. The highest BCUT2D eigenvalue weighted by Crippen LogP contribution is 2.32. The van der Waals surface area contributed by atoms with Crippen LogP contribution in [0, 0.1) is 11.6 Å². The monoisotopic (exact) mass is 393 g/mol. The molecule has 0 spiro atoms. The molecule has 0 amide bonds. The number of hydroxylamine groups is 2. The van der Waals surface area contributed by atoms with Gasteiger partial charge in [-0.3, -0.25) is 10.0 Å². The average molecular weight is 393 g/mol. The van der Waals surface area contributed by atoms with E-state index in [0.29, 0.717) is 23.5 Å². The highest BCUT2D eigenvalue weighted by atomic mass is 32.2.